The first-order valence-corrected chi connectivity index (χ1v) is 10.9. The third-order valence-corrected chi connectivity index (χ3v) is 4.89. The van der Waals surface area contributed by atoms with Crippen LogP contribution >= 0.6 is 24.0 Å². The summed E-state index contributed by atoms with van der Waals surface area (Å²) in [6.45, 7) is 6.41. The summed E-state index contributed by atoms with van der Waals surface area (Å²) in [4.78, 5) is 4.62. The summed E-state index contributed by atoms with van der Waals surface area (Å²) in [5, 5.41) is 6.57. The zero-order valence-electron chi connectivity index (χ0n) is 19.0. The second-order valence-corrected chi connectivity index (χ2v) is 7.61. The molecule has 1 aliphatic heterocycles. The van der Waals surface area contributed by atoms with Gasteiger partial charge in [0.15, 0.2) is 5.96 Å². The summed E-state index contributed by atoms with van der Waals surface area (Å²) < 4.78 is 41.4. The van der Waals surface area contributed by atoms with E-state index in [0.29, 0.717) is 38.0 Å². The van der Waals surface area contributed by atoms with Gasteiger partial charge in [0.05, 0.1) is 19.8 Å². The van der Waals surface area contributed by atoms with Crippen molar-refractivity contribution >= 4 is 29.9 Å². The van der Waals surface area contributed by atoms with Crippen LogP contribution in [0, 0.1) is 6.92 Å². The first kappa shape index (κ1) is 27.1. The number of benzene rings is 2. The molecular weight excluding hydrogens is 543 g/mol. The van der Waals surface area contributed by atoms with E-state index in [4.69, 9.17) is 14.2 Å². The van der Waals surface area contributed by atoms with Crippen molar-refractivity contribution in [2.45, 2.75) is 45.9 Å². The Kier molecular flexibility index (Phi) is 11.7. The zero-order chi connectivity index (χ0) is 22.8. The molecule has 0 aliphatic carbocycles. The number of nitrogens with one attached hydrogen (secondary N) is 2. The molecule has 3 rings (SSSR count). The third kappa shape index (κ3) is 9.32. The van der Waals surface area contributed by atoms with Gasteiger partial charge in [-0.3, -0.25) is 0 Å². The number of aliphatic imine (C=N–C) groups is 1. The molecule has 182 valence electrons. The van der Waals surface area contributed by atoms with E-state index in [2.05, 4.69) is 27.8 Å². The van der Waals surface area contributed by atoms with Crippen LogP contribution in [0.1, 0.15) is 30.0 Å². The van der Waals surface area contributed by atoms with Gasteiger partial charge in [-0.1, -0.05) is 24.3 Å². The molecule has 1 atom stereocenters. The van der Waals surface area contributed by atoms with Gasteiger partial charge in [-0.2, -0.15) is 0 Å². The highest BCUT2D eigenvalue weighted by molar-refractivity contribution is 14.0. The molecule has 1 heterocycles. The highest BCUT2D eigenvalue weighted by atomic mass is 127. The second kappa shape index (κ2) is 14.2. The zero-order valence-corrected chi connectivity index (χ0v) is 21.3. The molecule has 1 saturated heterocycles. The lowest BCUT2D eigenvalue weighted by molar-refractivity contribution is 0.0818. The van der Waals surface area contributed by atoms with Gasteiger partial charge in [-0.15, -0.1) is 24.0 Å². The SMILES string of the molecule is CCNC(=NCc1cccc(OCC(F)F)c1)NCc1ccc(C)cc1OC1CCOC1.I. The van der Waals surface area contributed by atoms with Crippen LogP contribution in [-0.2, 0) is 17.8 Å². The van der Waals surface area contributed by atoms with Crippen molar-refractivity contribution in [3.8, 4) is 11.5 Å². The Morgan fingerprint density at radius 1 is 1.21 bits per heavy atom. The number of alkyl halides is 2. The predicted molar refractivity (Wildman–Crippen MR) is 136 cm³/mol. The van der Waals surface area contributed by atoms with Gasteiger partial charge in [-0.05, 0) is 43.2 Å². The van der Waals surface area contributed by atoms with E-state index in [0.717, 1.165) is 35.5 Å². The van der Waals surface area contributed by atoms with Crippen LogP contribution in [0.15, 0.2) is 47.5 Å². The van der Waals surface area contributed by atoms with Crippen molar-refractivity contribution in [1.29, 1.82) is 0 Å². The molecule has 2 N–H and O–H groups in total. The van der Waals surface area contributed by atoms with Crippen molar-refractivity contribution in [2.24, 2.45) is 4.99 Å². The van der Waals surface area contributed by atoms with Crippen LogP contribution in [0.5, 0.6) is 11.5 Å². The minimum Gasteiger partial charge on any atom is -0.488 e. The summed E-state index contributed by atoms with van der Waals surface area (Å²) in [7, 11) is 0. The lowest BCUT2D eigenvalue weighted by atomic mass is 10.1. The molecule has 0 bridgehead atoms. The van der Waals surface area contributed by atoms with E-state index >= 15 is 0 Å². The molecule has 0 aromatic heterocycles. The van der Waals surface area contributed by atoms with Gasteiger partial charge in [0.1, 0.15) is 24.2 Å². The molecule has 2 aromatic carbocycles. The molecule has 9 heteroatoms. The van der Waals surface area contributed by atoms with Crippen LogP contribution in [0.25, 0.3) is 0 Å². The van der Waals surface area contributed by atoms with E-state index in [1.165, 1.54) is 0 Å². The second-order valence-electron chi connectivity index (χ2n) is 7.61. The number of nitrogens with zero attached hydrogens (tertiary/aromatic N) is 1. The van der Waals surface area contributed by atoms with E-state index in [1.807, 2.05) is 26.0 Å². The minimum atomic E-state index is -2.50. The van der Waals surface area contributed by atoms with Crippen LogP contribution < -0.4 is 20.1 Å². The Morgan fingerprint density at radius 3 is 2.79 bits per heavy atom. The normalized spacial score (nSPS) is 15.8. The van der Waals surface area contributed by atoms with E-state index < -0.39 is 13.0 Å². The molecular formula is C24H32F2IN3O3. The largest absolute Gasteiger partial charge is 0.488 e. The number of guanidine groups is 1. The van der Waals surface area contributed by atoms with Crippen molar-refractivity contribution < 1.29 is 23.0 Å². The highest BCUT2D eigenvalue weighted by Crippen LogP contribution is 2.24. The van der Waals surface area contributed by atoms with Crippen LogP contribution in [0.3, 0.4) is 0 Å². The maximum Gasteiger partial charge on any atom is 0.272 e. The quantitative estimate of drug-likeness (QED) is 0.245. The number of ether oxygens (including phenoxy) is 3. The highest BCUT2D eigenvalue weighted by Gasteiger charge is 2.18. The van der Waals surface area contributed by atoms with Crippen molar-refractivity contribution in [3.05, 3.63) is 59.2 Å². The average molecular weight is 575 g/mol. The van der Waals surface area contributed by atoms with Gasteiger partial charge in [0.2, 0.25) is 0 Å². The Morgan fingerprint density at radius 2 is 2.06 bits per heavy atom. The molecule has 0 saturated carbocycles. The predicted octanol–water partition coefficient (Wildman–Crippen LogP) is 4.68. The maximum atomic E-state index is 12.4. The maximum absolute atomic E-state index is 12.4. The van der Waals surface area contributed by atoms with Crippen LogP contribution in [0.4, 0.5) is 8.78 Å². The lowest BCUT2D eigenvalue weighted by Gasteiger charge is -2.18. The monoisotopic (exact) mass is 575 g/mol. The number of aryl methyl sites for hydroxylation is 1. The molecule has 1 aliphatic rings. The molecule has 2 aromatic rings. The molecule has 0 radical (unpaired) electrons. The summed E-state index contributed by atoms with van der Waals surface area (Å²) in [6, 6.07) is 13.2. The smallest absolute Gasteiger partial charge is 0.272 e. The van der Waals surface area contributed by atoms with Gasteiger partial charge in [0.25, 0.3) is 6.43 Å². The average Bonchev–Trinajstić information content (AvgIpc) is 3.29. The van der Waals surface area contributed by atoms with E-state index in [9.17, 15) is 8.78 Å². The first-order chi connectivity index (χ1) is 15.5. The Labute approximate surface area is 211 Å². The molecule has 0 spiro atoms. The Balaban J connectivity index is 0.00000385. The Hall–Kier alpha value is -2.14. The summed E-state index contributed by atoms with van der Waals surface area (Å²) in [5.74, 6) is 1.92. The molecule has 1 unspecified atom stereocenters. The van der Waals surface area contributed by atoms with Gasteiger partial charge in [0, 0.05) is 25.1 Å². The lowest BCUT2D eigenvalue weighted by Crippen LogP contribution is -2.37. The molecule has 0 amide bonds. The summed E-state index contributed by atoms with van der Waals surface area (Å²) in [6.07, 6.45) is -1.53. The standard InChI is InChI=1S/C24H31F2N3O3.HI/c1-3-27-24(28-13-18-5-4-6-20(12-18)31-16-23(25)26)29-14-19-8-7-17(2)11-22(19)32-21-9-10-30-15-21;/h4-8,11-12,21,23H,3,9-10,13-16H2,1-2H3,(H2,27,28,29);1H. The first-order valence-electron chi connectivity index (χ1n) is 10.9. The van der Waals surface area contributed by atoms with Crippen molar-refractivity contribution in [1.82, 2.24) is 10.6 Å². The van der Waals surface area contributed by atoms with Gasteiger partial charge >= 0.3 is 0 Å². The number of hydrogen-bond acceptors (Lipinski definition) is 4. The molecule has 6 nitrogen and oxygen atoms in total. The molecule has 1 fully saturated rings. The molecule has 33 heavy (non-hydrogen) atoms. The topological polar surface area (TPSA) is 64.1 Å². The van der Waals surface area contributed by atoms with Gasteiger partial charge < -0.3 is 24.8 Å². The van der Waals surface area contributed by atoms with E-state index in [-0.39, 0.29) is 30.1 Å². The van der Waals surface area contributed by atoms with E-state index in [1.54, 1.807) is 18.2 Å². The summed E-state index contributed by atoms with van der Waals surface area (Å²) in [5.41, 5.74) is 3.04. The van der Waals surface area contributed by atoms with Crippen molar-refractivity contribution in [3.63, 3.8) is 0 Å². The van der Waals surface area contributed by atoms with Crippen molar-refractivity contribution in [2.75, 3.05) is 26.4 Å². The fraction of sp³-hybridized carbons (Fsp3) is 0.458. The summed E-state index contributed by atoms with van der Waals surface area (Å²) >= 11 is 0. The number of hydrogen-bond donors (Lipinski definition) is 2. The fourth-order valence-corrected chi connectivity index (χ4v) is 3.29. The fourth-order valence-electron chi connectivity index (χ4n) is 3.29. The van der Waals surface area contributed by atoms with Gasteiger partial charge in [-0.25, -0.2) is 13.8 Å². The van der Waals surface area contributed by atoms with Crippen LogP contribution in [0.2, 0.25) is 0 Å². The Bertz CT molecular complexity index is 893. The van der Waals surface area contributed by atoms with Crippen LogP contribution in [-0.4, -0.2) is 44.9 Å². The third-order valence-electron chi connectivity index (χ3n) is 4.89. The number of rotatable bonds is 10. The minimum absolute atomic E-state index is 0. The number of halogens is 3.